The Hall–Kier alpha value is -3.80. The summed E-state index contributed by atoms with van der Waals surface area (Å²) in [5.74, 6) is -0.286. The van der Waals surface area contributed by atoms with E-state index < -0.39 is 21.8 Å². The molecule has 3 heterocycles. The van der Waals surface area contributed by atoms with Crippen molar-refractivity contribution in [2.45, 2.75) is 33.3 Å². The van der Waals surface area contributed by atoms with Gasteiger partial charge in [-0.1, -0.05) is 80.4 Å². The number of aryl methyl sites for hydroxylation is 2. The van der Waals surface area contributed by atoms with Gasteiger partial charge in [-0.05, 0) is 62.8 Å². The van der Waals surface area contributed by atoms with Crippen molar-refractivity contribution in [1.82, 2.24) is 9.97 Å². The average molecular weight is 807 g/mol. The van der Waals surface area contributed by atoms with Crippen molar-refractivity contribution < 1.29 is 32.7 Å². The Labute approximate surface area is 291 Å². The van der Waals surface area contributed by atoms with Crippen molar-refractivity contribution in [1.29, 1.82) is 0 Å². The molecule has 4 aromatic carbocycles. The van der Waals surface area contributed by atoms with E-state index in [4.69, 9.17) is 8.22 Å². The Morgan fingerprint density at radius 1 is 0.800 bits per heavy atom. The van der Waals surface area contributed by atoms with E-state index in [1.54, 1.807) is 36.5 Å². The molecule has 227 valence electrons. The van der Waals surface area contributed by atoms with Crippen molar-refractivity contribution in [3.05, 3.63) is 139 Å². The third kappa shape index (κ3) is 7.21. The number of hydrogen-bond acceptors (Lipinski definition) is 3. The number of halogens is 1. The van der Waals surface area contributed by atoms with Gasteiger partial charge in [0, 0.05) is 51.0 Å². The molecule has 0 aliphatic heterocycles. The van der Waals surface area contributed by atoms with Gasteiger partial charge in [0.05, 0.1) is 8.07 Å². The molecule has 6 heteroatoms. The second-order valence-electron chi connectivity index (χ2n) is 11.5. The monoisotopic (exact) mass is 807 g/mol. The fourth-order valence-corrected chi connectivity index (χ4v) is 7.15. The molecule has 0 saturated carbocycles. The predicted octanol–water partition coefficient (Wildman–Crippen LogP) is 10.4. The van der Waals surface area contributed by atoms with Gasteiger partial charge in [0.1, 0.15) is 5.82 Å². The van der Waals surface area contributed by atoms with Crippen molar-refractivity contribution in [3.63, 3.8) is 0 Å². The van der Waals surface area contributed by atoms with Crippen LogP contribution in [0.3, 0.4) is 0 Å². The number of rotatable bonds is 4. The maximum Gasteiger partial charge on any atom is 0.123 e. The van der Waals surface area contributed by atoms with Crippen molar-refractivity contribution in [2.24, 2.45) is 0 Å². The van der Waals surface area contributed by atoms with E-state index in [9.17, 15) is 4.39 Å². The zero-order chi connectivity index (χ0) is 35.8. The average Bonchev–Trinajstić information content (AvgIpc) is 3.46. The van der Waals surface area contributed by atoms with Crippen molar-refractivity contribution in [2.75, 3.05) is 0 Å². The predicted molar refractivity (Wildman–Crippen MR) is 188 cm³/mol. The molecule has 0 aliphatic rings. The van der Waals surface area contributed by atoms with Crippen molar-refractivity contribution >= 4 is 44.8 Å². The summed E-state index contributed by atoms with van der Waals surface area (Å²) in [6.45, 7) is 2.47. The summed E-state index contributed by atoms with van der Waals surface area (Å²) in [6.07, 6.45) is 3.54. The van der Waals surface area contributed by atoms with E-state index in [1.165, 1.54) is 34.7 Å². The minimum Gasteiger partial charge on any atom is -0.305 e. The van der Waals surface area contributed by atoms with Gasteiger partial charge >= 0.3 is 0 Å². The summed E-state index contributed by atoms with van der Waals surface area (Å²) in [7, 11) is -1.34. The number of hydrogen-bond donors (Lipinski definition) is 0. The van der Waals surface area contributed by atoms with Crippen molar-refractivity contribution in [3.8, 4) is 33.6 Å². The standard InChI is InChI=1S/C24H15FNS.C15H18NSi.Ir/c1-15-12-22(26-14-21(15)16-6-3-2-4-7-16)19-9-5-8-18-20-13-17(25)10-11-23(20)27-24(18)19;1-12-5-7-13(8-6-12)15-10-9-14(11-16-15)17(2,3)4;/h2-8,10-14H,1H3;5-7,9-11H,1-4H3;/q2*-1;/i2*1D3;. The second-order valence-corrected chi connectivity index (χ2v) is 17.6. The molecule has 0 unspecified atom stereocenters. The first-order chi connectivity index (χ1) is 23.6. The van der Waals surface area contributed by atoms with Crippen LogP contribution in [0.1, 0.15) is 19.4 Å². The third-order valence-corrected chi connectivity index (χ3v) is 10.6. The quantitative estimate of drug-likeness (QED) is 0.131. The van der Waals surface area contributed by atoms with Gasteiger partial charge in [-0.25, -0.2) is 4.39 Å². The molecule has 2 nitrogen and oxygen atoms in total. The summed E-state index contributed by atoms with van der Waals surface area (Å²) < 4.78 is 61.9. The molecule has 0 fully saturated rings. The van der Waals surface area contributed by atoms with E-state index in [-0.39, 0.29) is 31.5 Å². The first kappa shape index (κ1) is 25.4. The molecular formula is C39H33FIrN2SSi-2. The number of fused-ring (bicyclic) bond motifs is 3. The summed E-state index contributed by atoms with van der Waals surface area (Å²) in [6, 6.07) is 34.6. The van der Waals surface area contributed by atoms with Gasteiger partial charge < -0.3 is 9.97 Å². The number of nitrogens with zero attached hydrogens (tertiary/aromatic N) is 2. The summed E-state index contributed by atoms with van der Waals surface area (Å²) in [4.78, 5) is 9.06. The molecule has 1 radical (unpaired) electrons. The Bertz CT molecular complexity index is 2230. The van der Waals surface area contributed by atoms with Gasteiger partial charge in [0.15, 0.2) is 0 Å². The van der Waals surface area contributed by atoms with E-state index in [2.05, 4.69) is 47.8 Å². The molecule has 0 N–H and O–H groups in total. The molecule has 45 heavy (non-hydrogen) atoms. The summed E-state index contributed by atoms with van der Waals surface area (Å²) in [5.41, 5.74) is 4.85. The molecule has 0 atom stereocenters. The van der Waals surface area contributed by atoms with Crippen LogP contribution in [0.2, 0.25) is 19.6 Å². The Morgan fingerprint density at radius 3 is 2.31 bits per heavy atom. The second kappa shape index (κ2) is 13.7. The van der Waals surface area contributed by atoms with Gasteiger partial charge in [-0.15, -0.1) is 59.2 Å². The fourth-order valence-electron chi connectivity index (χ4n) is 4.93. The molecule has 0 bridgehead atoms. The van der Waals surface area contributed by atoms with Gasteiger partial charge in [-0.2, -0.15) is 11.3 Å². The van der Waals surface area contributed by atoms with Gasteiger partial charge in [0.25, 0.3) is 0 Å². The van der Waals surface area contributed by atoms with E-state index >= 15 is 0 Å². The smallest absolute Gasteiger partial charge is 0.123 e. The first-order valence-corrected chi connectivity index (χ1v) is 18.5. The zero-order valence-corrected chi connectivity index (χ0v) is 29.1. The van der Waals surface area contributed by atoms with Gasteiger partial charge in [0.2, 0.25) is 0 Å². The topological polar surface area (TPSA) is 25.8 Å². The van der Waals surface area contributed by atoms with Crippen LogP contribution in [0.25, 0.3) is 53.8 Å². The molecule has 0 spiro atoms. The molecule has 0 aliphatic carbocycles. The summed E-state index contributed by atoms with van der Waals surface area (Å²) >= 11 is 1.53. The van der Waals surface area contributed by atoms with Crippen LogP contribution in [0.4, 0.5) is 4.39 Å². The van der Waals surface area contributed by atoms with Crippen LogP contribution in [0.5, 0.6) is 0 Å². The SMILES string of the molecule is [2H]C([2H])([2H])c1c[c-]c(-c2ccc([Si](C)(C)C)cn2)cc1.[2H]C([2H])([2H])c1cc(-c2[c-]ccc3c2sc2ccc(F)cc23)ncc1-c1ccccc1.[Ir]. The fraction of sp³-hybridized carbons (Fsp3) is 0.128. The van der Waals surface area contributed by atoms with Crippen LogP contribution in [0.15, 0.2) is 109 Å². The largest absolute Gasteiger partial charge is 0.305 e. The minimum atomic E-state index is -2.29. The number of thiophene rings is 1. The number of benzene rings is 4. The van der Waals surface area contributed by atoms with Crippen LogP contribution in [-0.2, 0) is 20.1 Å². The Balaban J connectivity index is 0.000000211. The molecular weight excluding hydrogens is 768 g/mol. The Kier molecular flexibility index (Phi) is 7.72. The van der Waals surface area contributed by atoms with E-state index in [0.29, 0.717) is 16.8 Å². The maximum absolute atomic E-state index is 13.8. The minimum absolute atomic E-state index is 0. The maximum atomic E-state index is 13.8. The molecule has 0 amide bonds. The number of aromatic nitrogens is 2. The molecule has 7 rings (SSSR count). The van der Waals surface area contributed by atoms with Crippen LogP contribution >= 0.6 is 11.3 Å². The number of pyridine rings is 2. The molecule has 3 aromatic heterocycles. The van der Waals surface area contributed by atoms with E-state index in [1.807, 2.05) is 48.7 Å². The Morgan fingerprint density at radius 2 is 1.62 bits per heavy atom. The van der Waals surface area contributed by atoms with Gasteiger partial charge in [-0.3, -0.25) is 0 Å². The zero-order valence-electron chi connectivity index (χ0n) is 30.9. The van der Waals surface area contributed by atoms with Crippen LogP contribution < -0.4 is 5.19 Å². The third-order valence-electron chi connectivity index (χ3n) is 7.36. The molecule has 7 aromatic rings. The van der Waals surface area contributed by atoms with E-state index in [0.717, 1.165) is 42.6 Å². The van der Waals surface area contributed by atoms with Crippen LogP contribution in [0, 0.1) is 31.7 Å². The first-order valence-electron chi connectivity index (χ1n) is 17.2. The normalized spacial score (nSPS) is 13.7. The summed E-state index contributed by atoms with van der Waals surface area (Å²) in [5, 5.41) is 3.05. The molecule has 0 saturated heterocycles. The van der Waals surface area contributed by atoms with Crippen LogP contribution in [-0.4, -0.2) is 18.0 Å².